The van der Waals surface area contributed by atoms with Crippen LogP contribution in [0.3, 0.4) is 0 Å². The maximum Gasteiger partial charge on any atom is 0.325 e. The van der Waals surface area contributed by atoms with E-state index in [-0.39, 0.29) is 30.2 Å². The molecule has 7 heteroatoms. The van der Waals surface area contributed by atoms with E-state index in [1.165, 1.54) is 18.5 Å². The summed E-state index contributed by atoms with van der Waals surface area (Å²) in [5.74, 6) is -0.499. The number of carbonyl (C=O) groups is 3. The third-order valence-electron chi connectivity index (χ3n) is 7.22. The molecule has 1 aromatic rings. The summed E-state index contributed by atoms with van der Waals surface area (Å²) >= 11 is 0. The number of imide groups is 1. The molecule has 0 bridgehead atoms. The molecular weight excluding hydrogens is 380 g/mol. The number of amides is 4. The third-order valence-corrected chi connectivity index (χ3v) is 7.22. The topological polar surface area (TPSA) is 81.8 Å². The van der Waals surface area contributed by atoms with Gasteiger partial charge in [-0.2, -0.15) is 0 Å². The summed E-state index contributed by atoms with van der Waals surface area (Å²) in [6.07, 6.45) is 5.28. The molecule has 0 aromatic heterocycles. The van der Waals surface area contributed by atoms with E-state index in [1.54, 1.807) is 0 Å². The van der Waals surface area contributed by atoms with Crippen LogP contribution >= 0.6 is 0 Å². The monoisotopic (exact) mass is 412 g/mol. The van der Waals surface area contributed by atoms with E-state index < -0.39 is 11.6 Å². The van der Waals surface area contributed by atoms with Crippen LogP contribution in [-0.2, 0) is 9.59 Å². The van der Waals surface area contributed by atoms with Gasteiger partial charge in [0.05, 0.1) is 0 Å². The summed E-state index contributed by atoms with van der Waals surface area (Å²) in [6.45, 7) is 7.94. The lowest BCUT2D eigenvalue weighted by Gasteiger charge is -2.42. The zero-order valence-corrected chi connectivity index (χ0v) is 18.2. The van der Waals surface area contributed by atoms with Crippen LogP contribution in [0.5, 0.6) is 0 Å². The zero-order valence-electron chi connectivity index (χ0n) is 18.2. The fourth-order valence-corrected chi connectivity index (χ4v) is 5.49. The Kier molecular flexibility index (Phi) is 5.47. The molecule has 1 spiro atoms. The lowest BCUT2D eigenvalue weighted by Crippen LogP contribution is -2.59. The second kappa shape index (κ2) is 7.93. The maximum absolute atomic E-state index is 13.2. The first kappa shape index (κ1) is 20.7. The van der Waals surface area contributed by atoms with Crippen molar-refractivity contribution in [3.05, 3.63) is 23.8 Å². The van der Waals surface area contributed by atoms with Gasteiger partial charge in [0, 0.05) is 24.5 Å². The van der Waals surface area contributed by atoms with E-state index in [4.69, 9.17) is 0 Å². The Hall–Kier alpha value is -2.57. The molecule has 162 valence electrons. The van der Waals surface area contributed by atoms with E-state index >= 15 is 0 Å². The highest BCUT2D eigenvalue weighted by atomic mass is 16.2. The fraction of sp³-hybridized carbons (Fsp3) is 0.609. The highest BCUT2D eigenvalue weighted by Gasteiger charge is 2.58. The molecule has 2 heterocycles. The largest absolute Gasteiger partial charge is 0.371 e. The number of anilines is 2. The molecule has 30 heavy (non-hydrogen) atoms. The molecule has 2 atom stereocenters. The zero-order chi connectivity index (χ0) is 21.5. The van der Waals surface area contributed by atoms with E-state index in [0.29, 0.717) is 5.69 Å². The van der Waals surface area contributed by atoms with Crippen molar-refractivity contribution in [3.63, 3.8) is 0 Å². The van der Waals surface area contributed by atoms with Crippen molar-refractivity contribution in [2.75, 3.05) is 29.9 Å². The number of benzene rings is 1. The molecule has 0 unspecified atom stereocenters. The number of carbonyl (C=O) groups excluding carboxylic acids is 3. The quantitative estimate of drug-likeness (QED) is 0.744. The average Bonchev–Trinajstić information content (AvgIpc) is 3.30. The molecule has 7 nitrogen and oxygen atoms in total. The summed E-state index contributed by atoms with van der Waals surface area (Å²) in [4.78, 5) is 41.9. The second-order valence-corrected chi connectivity index (χ2v) is 9.17. The first-order valence-electron chi connectivity index (χ1n) is 11.1. The van der Waals surface area contributed by atoms with Crippen molar-refractivity contribution < 1.29 is 14.4 Å². The molecule has 1 saturated carbocycles. The van der Waals surface area contributed by atoms with Gasteiger partial charge < -0.3 is 15.5 Å². The number of urea groups is 1. The Bertz CT molecular complexity index is 852. The van der Waals surface area contributed by atoms with Crippen LogP contribution in [0.25, 0.3) is 0 Å². The molecular formula is C23H32N4O3. The Morgan fingerprint density at radius 1 is 1.13 bits per heavy atom. The Morgan fingerprint density at radius 2 is 1.80 bits per heavy atom. The summed E-state index contributed by atoms with van der Waals surface area (Å²) in [5, 5.41) is 5.79. The Balaban J connectivity index is 1.43. The van der Waals surface area contributed by atoms with Gasteiger partial charge in [-0.15, -0.1) is 0 Å². The molecule has 4 amide bonds. The van der Waals surface area contributed by atoms with Gasteiger partial charge in [-0.3, -0.25) is 14.5 Å². The van der Waals surface area contributed by atoms with Gasteiger partial charge in [0.15, 0.2) is 0 Å². The van der Waals surface area contributed by atoms with Crippen LogP contribution < -0.4 is 15.5 Å². The number of nitrogens with one attached hydrogen (secondary N) is 2. The summed E-state index contributed by atoms with van der Waals surface area (Å²) in [6, 6.07) is 5.41. The summed E-state index contributed by atoms with van der Waals surface area (Å²) in [7, 11) is 0. The van der Waals surface area contributed by atoms with Crippen molar-refractivity contribution in [1.29, 1.82) is 0 Å². The number of hydrogen-bond acceptors (Lipinski definition) is 4. The first-order chi connectivity index (χ1) is 14.3. The molecule has 2 saturated heterocycles. The van der Waals surface area contributed by atoms with Gasteiger partial charge in [0.2, 0.25) is 5.91 Å². The fourth-order valence-electron chi connectivity index (χ4n) is 5.49. The molecule has 0 radical (unpaired) electrons. The van der Waals surface area contributed by atoms with E-state index in [0.717, 1.165) is 42.8 Å². The van der Waals surface area contributed by atoms with Crippen LogP contribution in [0.1, 0.15) is 51.5 Å². The van der Waals surface area contributed by atoms with Crippen molar-refractivity contribution in [2.24, 2.45) is 11.8 Å². The average molecular weight is 413 g/mol. The third kappa shape index (κ3) is 3.44. The van der Waals surface area contributed by atoms with Gasteiger partial charge in [-0.1, -0.05) is 20.3 Å². The second-order valence-electron chi connectivity index (χ2n) is 9.17. The highest BCUT2D eigenvalue weighted by molar-refractivity contribution is 6.10. The molecule has 2 aliphatic heterocycles. The van der Waals surface area contributed by atoms with Crippen LogP contribution in [0.15, 0.2) is 18.2 Å². The molecule has 3 fully saturated rings. The van der Waals surface area contributed by atoms with Crippen molar-refractivity contribution in [3.8, 4) is 0 Å². The molecule has 4 rings (SSSR count). The van der Waals surface area contributed by atoms with Crippen molar-refractivity contribution >= 4 is 29.2 Å². The molecule has 1 aromatic carbocycles. The van der Waals surface area contributed by atoms with E-state index in [2.05, 4.69) is 15.5 Å². The number of aryl methyl sites for hydroxylation is 1. The highest BCUT2D eigenvalue weighted by Crippen LogP contribution is 2.42. The van der Waals surface area contributed by atoms with Crippen LogP contribution in [0.2, 0.25) is 0 Å². The minimum atomic E-state index is -0.871. The molecule has 1 aliphatic carbocycles. The van der Waals surface area contributed by atoms with E-state index in [9.17, 15) is 14.4 Å². The summed E-state index contributed by atoms with van der Waals surface area (Å²) < 4.78 is 0. The molecule has 3 aliphatic rings. The SMILES string of the molecule is Cc1cc(NC(=O)CN2C(=O)NC3(C2=O)[C@H](C)CCC[C@H]3C)ccc1N1CCCC1. The number of nitrogens with zero attached hydrogens (tertiary/aromatic N) is 2. The lowest BCUT2D eigenvalue weighted by molar-refractivity contribution is -0.138. The van der Waals surface area contributed by atoms with Gasteiger partial charge in [0.1, 0.15) is 12.1 Å². The normalized spacial score (nSPS) is 25.7. The van der Waals surface area contributed by atoms with Gasteiger partial charge in [-0.25, -0.2) is 4.79 Å². The van der Waals surface area contributed by atoms with Gasteiger partial charge >= 0.3 is 6.03 Å². The van der Waals surface area contributed by atoms with Crippen LogP contribution in [-0.4, -0.2) is 47.9 Å². The van der Waals surface area contributed by atoms with Crippen molar-refractivity contribution in [1.82, 2.24) is 10.2 Å². The van der Waals surface area contributed by atoms with Crippen LogP contribution in [0.4, 0.5) is 16.2 Å². The minimum absolute atomic E-state index is 0.0616. The van der Waals surface area contributed by atoms with E-state index in [1.807, 2.05) is 39.0 Å². The number of rotatable bonds is 4. The Morgan fingerprint density at radius 3 is 2.43 bits per heavy atom. The smallest absolute Gasteiger partial charge is 0.325 e. The minimum Gasteiger partial charge on any atom is -0.371 e. The Labute approximate surface area is 178 Å². The van der Waals surface area contributed by atoms with Gasteiger partial charge in [-0.05, 0) is 68.2 Å². The number of hydrogen-bond donors (Lipinski definition) is 2. The first-order valence-corrected chi connectivity index (χ1v) is 11.1. The van der Waals surface area contributed by atoms with Crippen molar-refractivity contribution in [2.45, 2.75) is 58.4 Å². The standard InChI is InChI=1S/C23H32N4O3/c1-15-13-18(9-10-19(15)26-11-4-5-12-26)24-20(28)14-27-21(29)23(25-22(27)30)16(2)7-6-8-17(23)3/h9-10,13,16-17H,4-8,11-12,14H2,1-3H3,(H,24,28)(H,25,30)/t16-,17-/m1/s1. The maximum atomic E-state index is 13.2. The van der Waals surface area contributed by atoms with Gasteiger partial charge in [0.25, 0.3) is 5.91 Å². The van der Waals surface area contributed by atoms with Crippen LogP contribution in [0, 0.1) is 18.8 Å². The summed E-state index contributed by atoms with van der Waals surface area (Å²) in [5.41, 5.74) is 2.11. The molecule has 2 N–H and O–H groups in total. The predicted molar refractivity (Wildman–Crippen MR) is 116 cm³/mol. The predicted octanol–water partition coefficient (Wildman–Crippen LogP) is 3.28. The lowest BCUT2D eigenvalue weighted by atomic mass is 9.67.